The Kier molecular flexibility index (Phi) is 9.03. The van der Waals surface area contributed by atoms with E-state index in [1.165, 1.54) is 13.2 Å². The first-order valence-corrected chi connectivity index (χ1v) is 16.8. The zero-order chi connectivity index (χ0) is 35.1. The van der Waals surface area contributed by atoms with Gasteiger partial charge < -0.3 is 39.4 Å². The number of hydrogen-bond donors (Lipinski definition) is 3. The number of hydrogen-bond acceptors (Lipinski definition) is 11. The largest absolute Gasteiger partial charge is 0.514 e. The number of phenols is 1. The summed E-state index contributed by atoms with van der Waals surface area (Å²) in [5.41, 5.74) is 5.42. The molecule has 5 atom stereocenters. The van der Waals surface area contributed by atoms with Crippen LogP contribution in [0.1, 0.15) is 57.4 Å². The zero-order valence-corrected chi connectivity index (χ0v) is 28.3. The van der Waals surface area contributed by atoms with Gasteiger partial charge in [0.2, 0.25) is 12.7 Å². The van der Waals surface area contributed by atoms with Crippen LogP contribution in [0.15, 0.2) is 49.1 Å². The summed E-state index contributed by atoms with van der Waals surface area (Å²) in [6.07, 6.45) is 2.21. The molecule has 0 aromatic heterocycles. The third-order valence-corrected chi connectivity index (χ3v) is 10.2. The predicted octanol–water partition coefficient (Wildman–Crippen LogP) is 4.63. The van der Waals surface area contributed by atoms with Crippen molar-refractivity contribution in [1.29, 1.82) is 5.26 Å². The molecule has 1 amide bonds. The Balaban J connectivity index is 1.35. The molecular formula is C38H40N4O8. The minimum Gasteiger partial charge on any atom is -0.504 e. The van der Waals surface area contributed by atoms with Gasteiger partial charge in [0, 0.05) is 47.3 Å². The van der Waals surface area contributed by atoms with Gasteiger partial charge in [-0.2, -0.15) is 5.26 Å². The fourth-order valence-electron chi connectivity index (χ4n) is 8.19. The highest BCUT2D eigenvalue weighted by Gasteiger charge is 2.54. The Morgan fingerprint density at radius 1 is 1.16 bits per heavy atom. The third kappa shape index (κ3) is 5.66. The van der Waals surface area contributed by atoms with E-state index in [0.717, 1.165) is 16.7 Å². The van der Waals surface area contributed by atoms with E-state index in [-0.39, 0.29) is 49.8 Å². The van der Waals surface area contributed by atoms with Crippen LogP contribution in [0, 0.1) is 25.2 Å². The average Bonchev–Trinajstić information content (AvgIpc) is 3.61. The van der Waals surface area contributed by atoms with Gasteiger partial charge in [0.1, 0.15) is 18.4 Å². The van der Waals surface area contributed by atoms with Crippen molar-refractivity contribution >= 4 is 12.1 Å². The molecule has 3 N–H and O–H groups in total. The number of carbonyl (C=O) groups is 2. The molecule has 4 aliphatic rings. The molecule has 1 fully saturated rings. The molecule has 3 aromatic rings. The Morgan fingerprint density at radius 2 is 1.94 bits per heavy atom. The average molecular weight is 681 g/mol. The summed E-state index contributed by atoms with van der Waals surface area (Å²) in [6.45, 7) is 7.36. The summed E-state index contributed by atoms with van der Waals surface area (Å²) < 4.78 is 28.8. The van der Waals surface area contributed by atoms with Crippen molar-refractivity contribution in [3.8, 4) is 34.8 Å². The lowest BCUT2D eigenvalue weighted by Crippen LogP contribution is -2.68. The van der Waals surface area contributed by atoms with Crippen LogP contribution in [0.25, 0.3) is 0 Å². The summed E-state index contributed by atoms with van der Waals surface area (Å²) in [4.78, 5) is 28.4. The summed E-state index contributed by atoms with van der Waals surface area (Å²) in [6, 6.07) is 12.1. The van der Waals surface area contributed by atoms with Crippen LogP contribution in [0.3, 0.4) is 0 Å². The first kappa shape index (κ1) is 33.3. The first-order valence-electron chi connectivity index (χ1n) is 16.8. The molecule has 12 heteroatoms. The Hall–Kier alpha value is -5.25. The summed E-state index contributed by atoms with van der Waals surface area (Å²) in [5, 5.41) is 29.2. The molecule has 7 rings (SSSR count). The van der Waals surface area contributed by atoms with Crippen molar-refractivity contribution in [2.75, 3.05) is 27.1 Å². The molecular weight excluding hydrogens is 640 g/mol. The maximum Gasteiger partial charge on any atom is 0.514 e. The summed E-state index contributed by atoms with van der Waals surface area (Å²) in [7, 11) is 1.53. The molecule has 3 aromatic carbocycles. The van der Waals surface area contributed by atoms with E-state index in [4.69, 9.17) is 23.7 Å². The lowest BCUT2D eigenvalue weighted by Gasteiger charge is -2.56. The molecule has 260 valence electrons. The van der Waals surface area contributed by atoms with Crippen LogP contribution in [0.5, 0.6) is 28.7 Å². The number of piperazine rings is 1. The van der Waals surface area contributed by atoms with E-state index in [0.29, 0.717) is 58.8 Å². The third-order valence-electron chi connectivity index (χ3n) is 10.2. The Morgan fingerprint density at radius 3 is 2.68 bits per heavy atom. The quantitative estimate of drug-likeness (QED) is 0.165. The number of aryl methyl sites for hydroxylation is 2. The smallest absolute Gasteiger partial charge is 0.504 e. The van der Waals surface area contributed by atoms with Crippen LogP contribution in [-0.2, 0) is 28.8 Å². The second-order valence-electron chi connectivity index (χ2n) is 13.1. The normalized spacial score (nSPS) is 22.6. The van der Waals surface area contributed by atoms with Gasteiger partial charge in [0.05, 0.1) is 25.3 Å². The van der Waals surface area contributed by atoms with Gasteiger partial charge in [0.15, 0.2) is 23.0 Å². The number of ether oxygens (including phenoxy) is 5. The first-order chi connectivity index (χ1) is 24.2. The summed E-state index contributed by atoms with van der Waals surface area (Å²) >= 11 is 0. The molecule has 0 aliphatic carbocycles. The monoisotopic (exact) mass is 680 g/mol. The van der Waals surface area contributed by atoms with E-state index in [1.54, 1.807) is 6.92 Å². The summed E-state index contributed by atoms with van der Waals surface area (Å²) in [5.74, 6) is 1.50. The number of carbonyl (C=O) groups excluding carboxylic acids is 2. The topological polar surface area (TPSA) is 152 Å². The number of amides is 1. The molecule has 0 saturated carbocycles. The van der Waals surface area contributed by atoms with Gasteiger partial charge in [0.25, 0.3) is 0 Å². The van der Waals surface area contributed by atoms with Crippen LogP contribution < -0.4 is 29.6 Å². The fraction of sp³-hybridized carbons (Fsp3) is 0.395. The van der Waals surface area contributed by atoms with E-state index in [2.05, 4.69) is 28.2 Å². The predicted molar refractivity (Wildman–Crippen MR) is 181 cm³/mol. The van der Waals surface area contributed by atoms with Crippen molar-refractivity contribution in [2.24, 2.45) is 0 Å². The molecule has 2 bridgehead atoms. The number of methoxy groups -OCH3 is 1. The highest BCUT2D eigenvalue weighted by molar-refractivity contribution is 5.77. The minimum absolute atomic E-state index is 0.0345. The number of fused-ring (bicyclic) bond motifs is 9. The lowest BCUT2D eigenvalue weighted by molar-refractivity contribution is -0.121. The van der Waals surface area contributed by atoms with E-state index >= 15 is 0 Å². The zero-order valence-electron chi connectivity index (χ0n) is 28.3. The number of phenolic OH excluding ortho intramolecular Hbond substituents is 1. The lowest BCUT2D eigenvalue weighted by atomic mass is 9.72. The van der Waals surface area contributed by atoms with E-state index in [1.807, 2.05) is 43.3 Å². The van der Waals surface area contributed by atoms with Crippen molar-refractivity contribution in [3.63, 3.8) is 0 Å². The molecule has 1 unspecified atom stereocenters. The van der Waals surface area contributed by atoms with Gasteiger partial charge in [-0.3, -0.25) is 9.69 Å². The van der Waals surface area contributed by atoms with Crippen molar-refractivity contribution in [3.05, 3.63) is 88.0 Å². The second kappa shape index (κ2) is 13.6. The van der Waals surface area contributed by atoms with E-state index < -0.39 is 30.3 Å². The van der Waals surface area contributed by atoms with Gasteiger partial charge >= 0.3 is 6.16 Å². The molecule has 4 heterocycles. The molecule has 4 aliphatic heterocycles. The van der Waals surface area contributed by atoms with Crippen LogP contribution in [0.4, 0.5) is 4.79 Å². The minimum atomic E-state index is -0.903. The van der Waals surface area contributed by atoms with Gasteiger partial charge in [-0.05, 0) is 49.8 Å². The number of nitriles is 1. The highest BCUT2D eigenvalue weighted by atomic mass is 16.7. The van der Waals surface area contributed by atoms with E-state index in [9.17, 15) is 20.0 Å². The molecule has 0 radical (unpaired) electrons. The Labute approximate surface area is 290 Å². The number of rotatable bonds is 9. The fourth-order valence-corrected chi connectivity index (χ4v) is 8.19. The van der Waals surface area contributed by atoms with Crippen molar-refractivity contribution < 1.29 is 38.4 Å². The van der Waals surface area contributed by atoms with Crippen molar-refractivity contribution in [1.82, 2.24) is 15.5 Å². The highest BCUT2D eigenvalue weighted by Crippen LogP contribution is 2.56. The van der Waals surface area contributed by atoms with Gasteiger partial charge in [-0.15, -0.1) is 0 Å². The maximum atomic E-state index is 13.4. The molecule has 0 spiro atoms. The number of benzene rings is 3. The number of nitrogens with zero attached hydrogens (tertiary/aromatic N) is 2. The van der Waals surface area contributed by atoms with Crippen LogP contribution >= 0.6 is 0 Å². The number of nitrogens with one attached hydrogen (secondary N) is 2. The maximum absolute atomic E-state index is 13.4. The van der Waals surface area contributed by atoms with Crippen LogP contribution in [0.2, 0.25) is 0 Å². The van der Waals surface area contributed by atoms with Crippen LogP contribution in [-0.4, -0.2) is 67.2 Å². The van der Waals surface area contributed by atoms with Gasteiger partial charge in [-0.1, -0.05) is 49.1 Å². The Bertz CT molecular complexity index is 1890. The number of aromatic hydroxyl groups is 1. The van der Waals surface area contributed by atoms with Crippen molar-refractivity contribution in [2.45, 2.75) is 69.7 Å². The molecule has 12 nitrogen and oxygen atoms in total. The standard InChI is InChI=1S/C38H40N4O8/c1-5-13-47-38(45)50-35-21(3)36-37(49-19-48-36)31-24(35)16-26-32-30-23(14-20(2)34(46-4)33(30)44)15-25(41-32)27(17-39)42(26)28(31)18-40-29(43)12-11-22-9-7-6-8-10-22/h5-10,14,25-28,32,41,44H,1,11-13,15-16,18-19H2,2-4H3,(H,40,43)/t25-,26?,27-,28-,32+/m0/s1. The molecule has 50 heavy (non-hydrogen) atoms. The van der Waals surface area contributed by atoms with Gasteiger partial charge in [-0.25, -0.2) is 4.79 Å². The molecule has 1 saturated heterocycles. The SMILES string of the molecule is C=CCOC(=O)Oc1c(C)c2c(c3c1CC1[C@H]4N[C@@H](Cc5cc(C)c(OC)c(O)c54)[C@H](C#N)N1[C@H]3CNC(=O)CCc1ccccc1)OCO2. The second-order valence-corrected chi connectivity index (χ2v) is 13.1.